The van der Waals surface area contributed by atoms with Gasteiger partial charge in [0.25, 0.3) is 5.91 Å². The average molecular weight is 221 g/mol. The number of carbonyl (C=O) groups is 1. The molecule has 0 saturated carbocycles. The molecule has 1 aromatic rings. The number of hydrogen-bond acceptors (Lipinski definition) is 4. The summed E-state index contributed by atoms with van der Waals surface area (Å²) in [6.07, 6.45) is 1.23. The Hall–Kier alpha value is -1.46. The van der Waals surface area contributed by atoms with Crippen molar-refractivity contribution in [2.24, 2.45) is 0 Å². The van der Waals surface area contributed by atoms with Crippen molar-refractivity contribution in [3.63, 3.8) is 0 Å². The van der Waals surface area contributed by atoms with Crippen LogP contribution in [0.25, 0.3) is 0 Å². The Bertz CT molecular complexity index is 358. The Labute approximate surface area is 94.2 Å². The summed E-state index contributed by atoms with van der Waals surface area (Å²) in [5, 5.41) is 5.88. The third-order valence-corrected chi connectivity index (χ3v) is 2.40. The first-order chi connectivity index (χ1) is 7.75. The first kappa shape index (κ1) is 11.0. The number of carbonyl (C=O) groups excluding carboxylic acids is 1. The standard InChI is InChI=1S/C11H15N3O2/c1-8-2-3-9(6-13-8)14-11(15)10-7-12-4-5-16-10/h2-3,6,10,12H,4-5,7H2,1H3,(H,14,15). The molecule has 1 aromatic heterocycles. The molecule has 1 fully saturated rings. The Kier molecular flexibility index (Phi) is 3.48. The zero-order chi connectivity index (χ0) is 11.4. The van der Waals surface area contributed by atoms with Crippen molar-refractivity contribution in [3.05, 3.63) is 24.0 Å². The van der Waals surface area contributed by atoms with Gasteiger partial charge in [-0.25, -0.2) is 0 Å². The van der Waals surface area contributed by atoms with Crippen LogP contribution in [0.5, 0.6) is 0 Å². The zero-order valence-corrected chi connectivity index (χ0v) is 9.19. The first-order valence-corrected chi connectivity index (χ1v) is 5.31. The number of anilines is 1. The van der Waals surface area contributed by atoms with Gasteiger partial charge in [0.05, 0.1) is 18.5 Å². The monoisotopic (exact) mass is 221 g/mol. The maximum Gasteiger partial charge on any atom is 0.254 e. The molecular formula is C11H15N3O2. The summed E-state index contributed by atoms with van der Waals surface area (Å²) >= 11 is 0. The summed E-state index contributed by atoms with van der Waals surface area (Å²) < 4.78 is 5.34. The minimum Gasteiger partial charge on any atom is -0.366 e. The Morgan fingerprint density at radius 3 is 3.12 bits per heavy atom. The van der Waals surface area contributed by atoms with Crippen molar-refractivity contribution in [3.8, 4) is 0 Å². The van der Waals surface area contributed by atoms with Crippen LogP contribution in [-0.2, 0) is 9.53 Å². The van der Waals surface area contributed by atoms with Crippen LogP contribution >= 0.6 is 0 Å². The lowest BCUT2D eigenvalue weighted by Gasteiger charge is -2.22. The van der Waals surface area contributed by atoms with E-state index in [9.17, 15) is 4.79 Å². The Morgan fingerprint density at radius 1 is 1.62 bits per heavy atom. The topological polar surface area (TPSA) is 63.2 Å². The molecule has 0 radical (unpaired) electrons. The van der Waals surface area contributed by atoms with E-state index in [1.165, 1.54) is 0 Å². The molecule has 86 valence electrons. The molecule has 0 aromatic carbocycles. The van der Waals surface area contributed by atoms with Crippen molar-refractivity contribution in [1.29, 1.82) is 0 Å². The van der Waals surface area contributed by atoms with Crippen molar-refractivity contribution in [2.75, 3.05) is 25.0 Å². The molecule has 16 heavy (non-hydrogen) atoms. The number of rotatable bonds is 2. The second-order valence-corrected chi connectivity index (χ2v) is 3.74. The summed E-state index contributed by atoms with van der Waals surface area (Å²) in [4.78, 5) is 15.9. The summed E-state index contributed by atoms with van der Waals surface area (Å²) in [6.45, 7) is 3.84. The lowest BCUT2D eigenvalue weighted by Crippen LogP contribution is -2.45. The minimum atomic E-state index is -0.407. The molecule has 1 aliphatic rings. The normalized spacial score (nSPS) is 20.4. The molecule has 0 spiro atoms. The molecule has 1 amide bonds. The number of aromatic nitrogens is 1. The number of ether oxygens (including phenoxy) is 1. The quantitative estimate of drug-likeness (QED) is 0.754. The van der Waals surface area contributed by atoms with E-state index in [4.69, 9.17) is 4.74 Å². The van der Waals surface area contributed by atoms with Crippen LogP contribution in [0.1, 0.15) is 5.69 Å². The molecule has 0 bridgehead atoms. The second kappa shape index (κ2) is 5.05. The van der Waals surface area contributed by atoms with Gasteiger partial charge in [-0.05, 0) is 19.1 Å². The van der Waals surface area contributed by atoms with E-state index in [-0.39, 0.29) is 5.91 Å². The van der Waals surface area contributed by atoms with Gasteiger partial charge in [-0.1, -0.05) is 0 Å². The van der Waals surface area contributed by atoms with E-state index in [1.54, 1.807) is 6.20 Å². The predicted molar refractivity (Wildman–Crippen MR) is 60.2 cm³/mol. The van der Waals surface area contributed by atoms with Gasteiger partial charge in [0.1, 0.15) is 6.10 Å². The lowest BCUT2D eigenvalue weighted by atomic mass is 10.2. The average Bonchev–Trinajstić information content (AvgIpc) is 2.33. The smallest absolute Gasteiger partial charge is 0.254 e. The summed E-state index contributed by atoms with van der Waals surface area (Å²) in [6, 6.07) is 3.69. The number of hydrogen-bond donors (Lipinski definition) is 2. The first-order valence-electron chi connectivity index (χ1n) is 5.31. The van der Waals surface area contributed by atoms with Gasteiger partial charge < -0.3 is 15.4 Å². The van der Waals surface area contributed by atoms with Gasteiger partial charge in [-0.15, -0.1) is 0 Å². The van der Waals surface area contributed by atoms with Gasteiger partial charge >= 0.3 is 0 Å². The molecule has 1 aliphatic heterocycles. The number of nitrogens with zero attached hydrogens (tertiary/aromatic N) is 1. The summed E-state index contributed by atoms with van der Waals surface area (Å²) in [7, 11) is 0. The van der Waals surface area contributed by atoms with Gasteiger partial charge in [0.15, 0.2) is 0 Å². The highest BCUT2D eigenvalue weighted by molar-refractivity contribution is 5.94. The highest BCUT2D eigenvalue weighted by atomic mass is 16.5. The Balaban J connectivity index is 1.93. The van der Waals surface area contributed by atoms with Gasteiger partial charge in [-0.2, -0.15) is 0 Å². The largest absolute Gasteiger partial charge is 0.366 e. The predicted octanol–water partition coefficient (Wildman–Crippen LogP) is 0.317. The van der Waals surface area contributed by atoms with Crippen molar-refractivity contribution in [1.82, 2.24) is 10.3 Å². The molecular weight excluding hydrogens is 206 g/mol. The number of nitrogens with one attached hydrogen (secondary N) is 2. The van der Waals surface area contributed by atoms with Crippen LogP contribution in [0, 0.1) is 6.92 Å². The summed E-state index contributed by atoms with van der Waals surface area (Å²) in [5.74, 6) is -0.127. The van der Waals surface area contributed by atoms with E-state index < -0.39 is 6.10 Å². The fourth-order valence-electron chi connectivity index (χ4n) is 1.50. The number of aryl methyl sites for hydroxylation is 1. The van der Waals surface area contributed by atoms with Crippen LogP contribution in [0.4, 0.5) is 5.69 Å². The number of morpholine rings is 1. The molecule has 1 saturated heterocycles. The maximum absolute atomic E-state index is 11.7. The molecule has 1 atom stereocenters. The number of pyridine rings is 1. The zero-order valence-electron chi connectivity index (χ0n) is 9.19. The third kappa shape index (κ3) is 2.77. The fraction of sp³-hybridized carbons (Fsp3) is 0.455. The van der Waals surface area contributed by atoms with Crippen LogP contribution in [0.15, 0.2) is 18.3 Å². The number of amides is 1. The van der Waals surface area contributed by atoms with E-state index in [1.807, 2.05) is 19.1 Å². The highest BCUT2D eigenvalue weighted by Crippen LogP contribution is 2.07. The lowest BCUT2D eigenvalue weighted by molar-refractivity contribution is -0.128. The molecule has 0 aliphatic carbocycles. The van der Waals surface area contributed by atoms with Crippen LogP contribution < -0.4 is 10.6 Å². The molecule has 2 N–H and O–H groups in total. The molecule has 5 nitrogen and oxygen atoms in total. The van der Waals surface area contributed by atoms with Gasteiger partial charge in [-0.3, -0.25) is 9.78 Å². The maximum atomic E-state index is 11.7. The third-order valence-electron chi connectivity index (χ3n) is 2.40. The molecule has 5 heteroatoms. The van der Waals surface area contributed by atoms with E-state index in [0.717, 1.165) is 12.2 Å². The molecule has 1 unspecified atom stereocenters. The van der Waals surface area contributed by atoms with Crippen LogP contribution in [-0.4, -0.2) is 36.7 Å². The summed E-state index contributed by atoms with van der Waals surface area (Å²) in [5.41, 5.74) is 1.62. The molecule has 2 rings (SSSR count). The van der Waals surface area contributed by atoms with Crippen LogP contribution in [0.2, 0.25) is 0 Å². The fourth-order valence-corrected chi connectivity index (χ4v) is 1.50. The van der Waals surface area contributed by atoms with Gasteiger partial charge in [0.2, 0.25) is 0 Å². The van der Waals surface area contributed by atoms with Crippen molar-refractivity contribution in [2.45, 2.75) is 13.0 Å². The Morgan fingerprint density at radius 2 is 2.50 bits per heavy atom. The van der Waals surface area contributed by atoms with E-state index in [0.29, 0.717) is 18.8 Å². The second-order valence-electron chi connectivity index (χ2n) is 3.74. The van der Waals surface area contributed by atoms with E-state index in [2.05, 4.69) is 15.6 Å². The minimum absolute atomic E-state index is 0.127. The van der Waals surface area contributed by atoms with E-state index >= 15 is 0 Å². The molecule has 2 heterocycles. The van der Waals surface area contributed by atoms with Crippen molar-refractivity contribution < 1.29 is 9.53 Å². The SMILES string of the molecule is Cc1ccc(NC(=O)C2CNCCO2)cn1. The van der Waals surface area contributed by atoms with Crippen molar-refractivity contribution >= 4 is 11.6 Å². The highest BCUT2D eigenvalue weighted by Gasteiger charge is 2.21. The van der Waals surface area contributed by atoms with Crippen LogP contribution in [0.3, 0.4) is 0 Å². The van der Waals surface area contributed by atoms with Gasteiger partial charge in [0, 0.05) is 18.8 Å².